The van der Waals surface area contributed by atoms with Crippen molar-refractivity contribution >= 4 is 5.91 Å². The lowest BCUT2D eigenvalue weighted by Crippen LogP contribution is -2.49. The van der Waals surface area contributed by atoms with Crippen molar-refractivity contribution in [2.24, 2.45) is 0 Å². The van der Waals surface area contributed by atoms with E-state index < -0.39 is 0 Å². The maximum absolute atomic E-state index is 12.9. The van der Waals surface area contributed by atoms with Crippen LogP contribution in [0.25, 0.3) is 0 Å². The fourth-order valence-electron chi connectivity index (χ4n) is 3.97. The number of aryl methyl sites for hydroxylation is 2. The van der Waals surface area contributed by atoms with Crippen molar-refractivity contribution in [3.8, 4) is 0 Å². The Hall–Kier alpha value is -1.35. The van der Waals surface area contributed by atoms with Gasteiger partial charge in [0.15, 0.2) is 0 Å². The first-order chi connectivity index (χ1) is 11.1. The van der Waals surface area contributed by atoms with Crippen molar-refractivity contribution in [2.45, 2.75) is 58.4 Å². The van der Waals surface area contributed by atoms with Crippen LogP contribution in [0.5, 0.6) is 0 Å². The molecule has 0 N–H and O–H groups in total. The van der Waals surface area contributed by atoms with E-state index in [2.05, 4.69) is 41.8 Å². The number of benzene rings is 1. The minimum Gasteiger partial charge on any atom is -0.338 e. The van der Waals surface area contributed by atoms with Crippen LogP contribution in [0.3, 0.4) is 0 Å². The summed E-state index contributed by atoms with van der Waals surface area (Å²) in [6, 6.07) is 6.85. The molecular formula is C20H30N2O. The fraction of sp³-hybridized carbons (Fsp3) is 0.650. The summed E-state index contributed by atoms with van der Waals surface area (Å²) in [7, 11) is 0. The molecule has 3 heteroatoms. The van der Waals surface area contributed by atoms with Crippen LogP contribution in [0.2, 0.25) is 0 Å². The van der Waals surface area contributed by atoms with Gasteiger partial charge in [0, 0.05) is 19.1 Å². The van der Waals surface area contributed by atoms with Crippen LogP contribution < -0.4 is 0 Å². The zero-order valence-electron chi connectivity index (χ0n) is 14.7. The molecule has 0 spiro atoms. The Bertz CT molecular complexity index is 549. The molecule has 0 saturated carbocycles. The zero-order valence-corrected chi connectivity index (χ0v) is 14.7. The van der Waals surface area contributed by atoms with Crippen LogP contribution in [0, 0.1) is 13.8 Å². The van der Waals surface area contributed by atoms with E-state index in [1.165, 1.54) is 49.9 Å². The maximum Gasteiger partial charge on any atom is 0.227 e. The molecule has 1 unspecified atom stereocenters. The third kappa shape index (κ3) is 4.14. The van der Waals surface area contributed by atoms with Crippen molar-refractivity contribution in [3.63, 3.8) is 0 Å². The lowest BCUT2D eigenvalue weighted by atomic mass is 9.99. The lowest BCUT2D eigenvalue weighted by molar-refractivity contribution is -0.134. The van der Waals surface area contributed by atoms with Crippen molar-refractivity contribution in [1.82, 2.24) is 9.80 Å². The molecule has 2 heterocycles. The summed E-state index contributed by atoms with van der Waals surface area (Å²) in [5.74, 6) is 0.317. The predicted octanol–water partition coefficient (Wildman–Crippen LogP) is 3.32. The molecule has 0 aliphatic carbocycles. The highest BCUT2D eigenvalue weighted by atomic mass is 16.2. The summed E-state index contributed by atoms with van der Waals surface area (Å²) in [6.07, 6.45) is 6.81. The first-order valence-corrected chi connectivity index (χ1v) is 9.21. The quantitative estimate of drug-likeness (QED) is 0.851. The largest absolute Gasteiger partial charge is 0.338 e. The number of hydrogen-bond acceptors (Lipinski definition) is 2. The molecule has 126 valence electrons. The van der Waals surface area contributed by atoms with Gasteiger partial charge in [0.25, 0.3) is 0 Å². The molecule has 2 fully saturated rings. The summed E-state index contributed by atoms with van der Waals surface area (Å²) >= 11 is 0. The third-order valence-corrected chi connectivity index (χ3v) is 5.54. The Morgan fingerprint density at radius 2 is 1.78 bits per heavy atom. The lowest BCUT2D eigenvalue weighted by Gasteiger charge is -2.38. The average molecular weight is 314 g/mol. The predicted molar refractivity (Wildman–Crippen MR) is 94.6 cm³/mol. The highest BCUT2D eigenvalue weighted by Gasteiger charge is 2.28. The molecule has 2 aliphatic heterocycles. The Kier molecular flexibility index (Phi) is 5.37. The monoisotopic (exact) mass is 314 g/mol. The van der Waals surface area contributed by atoms with Gasteiger partial charge in [-0.3, -0.25) is 4.79 Å². The standard InChI is InChI=1S/C20H30N2O/c1-16-8-9-18(13-17(16)2)14-20(23)22-12-4-3-7-19(22)15-21-10-5-6-11-21/h8-9,13,19H,3-7,10-12,14-15H2,1-2H3. The minimum atomic E-state index is 0.317. The number of carbonyl (C=O) groups excluding carboxylic acids is 1. The number of nitrogens with zero attached hydrogens (tertiary/aromatic N) is 2. The summed E-state index contributed by atoms with van der Waals surface area (Å²) < 4.78 is 0. The van der Waals surface area contributed by atoms with Gasteiger partial charge < -0.3 is 9.80 Å². The Morgan fingerprint density at radius 1 is 1.04 bits per heavy atom. The first kappa shape index (κ1) is 16.5. The molecular weight excluding hydrogens is 284 g/mol. The highest BCUT2D eigenvalue weighted by molar-refractivity contribution is 5.79. The molecule has 2 saturated heterocycles. The molecule has 0 radical (unpaired) electrons. The SMILES string of the molecule is Cc1ccc(CC(=O)N2CCCCC2CN2CCCC2)cc1C. The van der Waals surface area contributed by atoms with Gasteiger partial charge in [-0.1, -0.05) is 18.2 Å². The third-order valence-electron chi connectivity index (χ3n) is 5.54. The second kappa shape index (κ2) is 7.48. The summed E-state index contributed by atoms with van der Waals surface area (Å²) in [5.41, 5.74) is 3.73. The highest BCUT2D eigenvalue weighted by Crippen LogP contribution is 2.21. The van der Waals surface area contributed by atoms with Crippen LogP contribution in [0.1, 0.15) is 48.8 Å². The van der Waals surface area contributed by atoms with E-state index in [1.807, 2.05) is 0 Å². The second-order valence-corrected chi connectivity index (χ2v) is 7.34. The Labute approximate surface area is 140 Å². The molecule has 1 aromatic carbocycles. The van der Waals surface area contributed by atoms with Crippen molar-refractivity contribution < 1.29 is 4.79 Å². The fourth-order valence-corrected chi connectivity index (χ4v) is 3.97. The van der Waals surface area contributed by atoms with Gasteiger partial charge in [-0.25, -0.2) is 0 Å². The molecule has 1 amide bonds. The van der Waals surface area contributed by atoms with Crippen molar-refractivity contribution in [2.75, 3.05) is 26.2 Å². The zero-order chi connectivity index (χ0) is 16.2. The number of carbonyl (C=O) groups is 1. The molecule has 0 bridgehead atoms. The molecule has 3 rings (SSSR count). The van der Waals surface area contributed by atoms with E-state index >= 15 is 0 Å². The summed E-state index contributed by atoms with van der Waals surface area (Å²) in [4.78, 5) is 17.6. The number of rotatable bonds is 4. The minimum absolute atomic E-state index is 0.317. The summed E-state index contributed by atoms with van der Waals surface area (Å²) in [5, 5.41) is 0. The van der Waals surface area contributed by atoms with Gasteiger partial charge in [-0.2, -0.15) is 0 Å². The molecule has 1 aromatic rings. The molecule has 1 atom stereocenters. The van der Waals surface area contributed by atoms with Gasteiger partial charge >= 0.3 is 0 Å². The number of hydrogen-bond donors (Lipinski definition) is 0. The van der Waals surface area contributed by atoms with Gasteiger partial charge in [0.2, 0.25) is 5.91 Å². The van der Waals surface area contributed by atoms with Crippen LogP contribution >= 0.6 is 0 Å². The van der Waals surface area contributed by atoms with E-state index in [1.54, 1.807) is 0 Å². The van der Waals surface area contributed by atoms with Gasteiger partial charge in [-0.15, -0.1) is 0 Å². The van der Waals surface area contributed by atoms with E-state index in [0.717, 1.165) is 25.1 Å². The van der Waals surface area contributed by atoms with E-state index in [-0.39, 0.29) is 0 Å². The summed E-state index contributed by atoms with van der Waals surface area (Å²) in [6.45, 7) is 8.71. The first-order valence-electron chi connectivity index (χ1n) is 9.21. The van der Waals surface area contributed by atoms with Crippen LogP contribution in [0.15, 0.2) is 18.2 Å². The number of piperidine rings is 1. The molecule has 0 aromatic heterocycles. The van der Waals surface area contributed by atoms with Gasteiger partial charge in [-0.05, 0) is 75.7 Å². The van der Waals surface area contributed by atoms with Gasteiger partial charge in [0.05, 0.1) is 6.42 Å². The maximum atomic E-state index is 12.9. The topological polar surface area (TPSA) is 23.6 Å². The molecule has 23 heavy (non-hydrogen) atoms. The second-order valence-electron chi connectivity index (χ2n) is 7.34. The van der Waals surface area contributed by atoms with E-state index in [9.17, 15) is 4.79 Å². The van der Waals surface area contributed by atoms with Crippen LogP contribution in [-0.2, 0) is 11.2 Å². The van der Waals surface area contributed by atoms with E-state index in [4.69, 9.17) is 0 Å². The van der Waals surface area contributed by atoms with Gasteiger partial charge in [0.1, 0.15) is 0 Å². The number of likely N-dealkylation sites (tertiary alicyclic amines) is 2. The normalized spacial score (nSPS) is 22.5. The number of amides is 1. The van der Waals surface area contributed by atoms with Crippen molar-refractivity contribution in [1.29, 1.82) is 0 Å². The molecule has 2 aliphatic rings. The van der Waals surface area contributed by atoms with Crippen LogP contribution in [0.4, 0.5) is 0 Å². The van der Waals surface area contributed by atoms with E-state index in [0.29, 0.717) is 18.4 Å². The Morgan fingerprint density at radius 3 is 2.52 bits per heavy atom. The average Bonchev–Trinajstić information content (AvgIpc) is 3.04. The van der Waals surface area contributed by atoms with Crippen molar-refractivity contribution in [3.05, 3.63) is 34.9 Å². The Balaban J connectivity index is 1.64. The smallest absolute Gasteiger partial charge is 0.227 e. The molecule has 3 nitrogen and oxygen atoms in total. The van der Waals surface area contributed by atoms with Crippen LogP contribution in [-0.4, -0.2) is 47.9 Å².